The first-order valence-electron chi connectivity index (χ1n) is 5.86. The average molecular weight is 301 g/mol. The molecule has 2 aromatic rings. The van der Waals surface area contributed by atoms with Gasteiger partial charge in [0.15, 0.2) is 5.82 Å². The fraction of sp³-hybridized carbons (Fsp3) is 0.231. The molecule has 0 fully saturated rings. The molecule has 0 spiro atoms. The summed E-state index contributed by atoms with van der Waals surface area (Å²) in [5.41, 5.74) is -1.13. The summed E-state index contributed by atoms with van der Waals surface area (Å²) in [6.45, 7) is -0.190. The van der Waals surface area contributed by atoms with Crippen LogP contribution in [0.5, 0.6) is 5.88 Å². The van der Waals surface area contributed by atoms with E-state index in [-0.39, 0.29) is 23.8 Å². The first kappa shape index (κ1) is 15.0. The number of hydrogen-bond acceptors (Lipinski definition) is 4. The van der Waals surface area contributed by atoms with Gasteiger partial charge in [0.1, 0.15) is 5.82 Å². The summed E-state index contributed by atoms with van der Waals surface area (Å²) in [6, 6.07) is 2.51. The zero-order valence-corrected chi connectivity index (χ0v) is 10.9. The van der Waals surface area contributed by atoms with Gasteiger partial charge in [-0.1, -0.05) is 6.07 Å². The minimum Gasteiger partial charge on any atom is -0.478 e. The summed E-state index contributed by atoms with van der Waals surface area (Å²) >= 11 is 0. The summed E-state index contributed by atoms with van der Waals surface area (Å²) in [4.78, 5) is 7.79. The van der Waals surface area contributed by atoms with Gasteiger partial charge < -0.3 is 10.1 Å². The van der Waals surface area contributed by atoms with Gasteiger partial charge in [0.05, 0.1) is 12.7 Å². The van der Waals surface area contributed by atoms with Crippen LogP contribution in [0.4, 0.5) is 23.4 Å². The first-order valence-corrected chi connectivity index (χ1v) is 5.86. The van der Waals surface area contributed by atoms with Gasteiger partial charge in [0.25, 0.3) is 5.88 Å². The van der Waals surface area contributed by atoms with Crippen LogP contribution in [-0.2, 0) is 12.7 Å². The van der Waals surface area contributed by atoms with E-state index < -0.39 is 17.6 Å². The number of methoxy groups -OCH3 is 1. The molecule has 0 aliphatic heterocycles. The van der Waals surface area contributed by atoms with Crippen LogP contribution in [-0.4, -0.2) is 17.1 Å². The van der Waals surface area contributed by atoms with Crippen LogP contribution < -0.4 is 10.1 Å². The largest absolute Gasteiger partial charge is 0.478 e. The van der Waals surface area contributed by atoms with Crippen LogP contribution in [0.25, 0.3) is 0 Å². The van der Waals surface area contributed by atoms with Crippen molar-refractivity contribution in [3.05, 3.63) is 47.5 Å². The van der Waals surface area contributed by atoms with Gasteiger partial charge >= 0.3 is 6.18 Å². The Balaban J connectivity index is 2.24. The highest BCUT2D eigenvalue weighted by Crippen LogP contribution is 2.33. The molecule has 21 heavy (non-hydrogen) atoms. The van der Waals surface area contributed by atoms with E-state index in [2.05, 4.69) is 15.3 Å². The zero-order chi connectivity index (χ0) is 15.5. The molecule has 0 radical (unpaired) electrons. The number of anilines is 1. The molecule has 1 heterocycles. The van der Waals surface area contributed by atoms with Crippen molar-refractivity contribution < 1.29 is 22.3 Å². The molecular weight excluding hydrogens is 290 g/mol. The number of hydrogen-bond donors (Lipinski definition) is 1. The number of ether oxygens (including phenoxy) is 1. The van der Waals surface area contributed by atoms with Crippen molar-refractivity contribution in [3.8, 4) is 5.88 Å². The number of alkyl halides is 3. The maximum Gasteiger partial charge on any atom is 0.416 e. The molecular formula is C13H11F4N3O. The zero-order valence-electron chi connectivity index (χ0n) is 10.9. The van der Waals surface area contributed by atoms with Crippen molar-refractivity contribution in [2.24, 2.45) is 0 Å². The smallest absolute Gasteiger partial charge is 0.416 e. The summed E-state index contributed by atoms with van der Waals surface area (Å²) in [5, 5.41) is 2.69. The number of halogens is 4. The highest BCUT2D eigenvalue weighted by Gasteiger charge is 2.33. The number of nitrogens with one attached hydrogen (secondary N) is 1. The van der Waals surface area contributed by atoms with E-state index in [1.54, 1.807) is 0 Å². The van der Waals surface area contributed by atoms with Crippen molar-refractivity contribution >= 4 is 5.82 Å². The molecule has 0 bridgehead atoms. The van der Waals surface area contributed by atoms with Crippen LogP contribution in [0.3, 0.4) is 0 Å². The van der Waals surface area contributed by atoms with Crippen molar-refractivity contribution in [1.29, 1.82) is 0 Å². The lowest BCUT2D eigenvalue weighted by Gasteiger charge is -2.14. The lowest BCUT2D eigenvalue weighted by atomic mass is 10.1. The fourth-order valence-corrected chi connectivity index (χ4v) is 1.74. The second kappa shape index (κ2) is 5.94. The van der Waals surface area contributed by atoms with Crippen molar-refractivity contribution in [1.82, 2.24) is 9.97 Å². The van der Waals surface area contributed by atoms with Crippen molar-refractivity contribution in [2.45, 2.75) is 12.7 Å². The van der Waals surface area contributed by atoms with Gasteiger partial charge in [0.2, 0.25) is 0 Å². The Labute approximate surface area is 117 Å². The second-order valence-electron chi connectivity index (χ2n) is 4.07. The SMILES string of the molecule is COc1nccnc1NCc1ccc(F)cc1C(F)(F)F. The lowest BCUT2D eigenvalue weighted by Crippen LogP contribution is -2.13. The second-order valence-corrected chi connectivity index (χ2v) is 4.07. The predicted molar refractivity (Wildman–Crippen MR) is 67.3 cm³/mol. The molecule has 4 nitrogen and oxygen atoms in total. The molecule has 0 unspecified atom stereocenters. The summed E-state index contributed by atoms with van der Waals surface area (Å²) < 4.78 is 56.5. The van der Waals surface area contributed by atoms with Crippen LogP contribution in [0.15, 0.2) is 30.6 Å². The monoisotopic (exact) mass is 301 g/mol. The van der Waals surface area contributed by atoms with E-state index in [1.807, 2.05) is 0 Å². The van der Waals surface area contributed by atoms with Gasteiger partial charge in [-0.3, -0.25) is 0 Å². The molecule has 2 rings (SSSR count). The number of aromatic nitrogens is 2. The Kier molecular flexibility index (Phi) is 4.25. The summed E-state index contributed by atoms with van der Waals surface area (Å²) in [5.74, 6) is -0.575. The number of rotatable bonds is 4. The highest BCUT2D eigenvalue weighted by atomic mass is 19.4. The van der Waals surface area contributed by atoms with Gasteiger partial charge in [-0.2, -0.15) is 13.2 Å². The third kappa shape index (κ3) is 3.59. The van der Waals surface area contributed by atoms with Gasteiger partial charge in [-0.25, -0.2) is 14.4 Å². The Hall–Kier alpha value is -2.38. The Bertz CT molecular complexity index is 631. The number of nitrogens with zero attached hydrogens (tertiary/aromatic N) is 2. The topological polar surface area (TPSA) is 47.0 Å². The van der Waals surface area contributed by atoms with E-state index in [0.717, 1.165) is 12.1 Å². The maximum atomic E-state index is 13.0. The highest BCUT2D eigenvalue weighted by molar-refractivity contribution is 5.46. The van der Waals surface area contributed by atoms with E-state index >= 15 is 0 Å². The molecule has 0 atom stereocenters. The fourth-order valence-electron chi connectivity index (χ4n) is 1.74. The van der Waals surface area contributed by atoms with E-state index in [0.29, 0.717) is 6.07 Å². The number of benzene rings is 1. The molecule has 0 aliphatic carbocycles. The molecule has 0 amide bonds. The van der Waals surface area contributed by atoms with Crippen molar-refractivity contribution in [2.75, 3.05) is 12.4 Å². The summed E-state index contributed by atoms with van der Waals surface area (Å²) in [6.07, 6.45) is -1.87. The van der Waals surface area contributed by atoms with E-state index in [1.165, 1.54) is 19.5 Å². The third-order valence-electron chi connectivity index (χ3n) is 2.68. The molecule has 1 aromatic carbocycles. The van der Waals surface area contributed by atoms with Gasteiger partial charge in [-0.15, -0.1) is 0 Å². The van der Waals surface area contributed by atoms with Crippen LogP contribution in [0, 0.1) is 5.82 Å². The van der Waals surface area contributed by atoms with Crippen LogP contribution in [0.1, 0.15) is 11.1 Å². The normalized spacial score (nSPS) is 11.3. The molecule has 1 N–H and O–H groups in total. The quantitative estimate of drug-likeness (QED) is 0.881. The first-order chi connectivity index (χ1) is 9.91. The minimum absolute atomic E-state index is 0.100. The van der Waals surface area contributed by atoms with Crippen LogP contribution in [0.2, 0.25) is 0 Å². The minimum atomic E-state index is -4.63. The van der Waals surface area contributed by atoms with Gasteiger partial charge in [0, 0.05) is 18.9 Å². The Morgan fingerprint density at radius 1 is 1.19 bits per heavy atom. The molecule has 8 heteroatoms. The molecule has 112 valence electrons. The average Bonchev–Trinajstić information content (AvgIpc) is 2.45. The van der Waals surface area contributed by atoms with E-state index in [4.69, 9.17) is 4.74 Å². The summed E-state index contributed by atoms with van der Waals surface area (Å²) in [7, 11) is 1.37. The Morgan fingerprint density at radius 3 is 2.57 bits per heavy atom. The predicted octanol–water partition coefficient (Wildman–Crippen LogP) is 3.26. The van der Waals surface area contributed by atoms with E-state index in [9.17, 15) is 17.6 Å². The van der Waals surface area contributed by atoms with Gasteiger partial charge in [-0.05, 0) is 17.7 Å². The molecule has 0 saturated carbocycles. The molecule has 0 aliphatic rings. The lowest BCUT2D eigenvalue weighted by molar-refractivity contribution is -0.138. The molecule has 1 aromatic heterocycles. The standard InChI is InChI=1S/C13H11F4N3O/c1-21-12-11(18-4-5-19-12)20-7-8-2-3-9(14)6-10(8)13(15,16)17/h2-6H,7H2,1H3,(H,18,20). The van der Waals surface area contributed by atoms with Crippen LogP contribution >= 0.6 is 0 Å². The Morgan fingerprint density at radius 2 is 1.90 bits per heavy atom. The maximum absolute atomic E-state index is 13.0. The van der Waals surface area contributed by atoms with Crippen molar-refractivity contribution in [3.63, 3.8) is 0 Å². The molecule has 0 saturated heterocycles. The third-order valence-corrected chi connectivity index (χ3v) is 2.68.